The standard InChI is InChI=1S/C16H9Br2NO2/c17-13-3-1-10(2-4-13)12(8-19)5-11-6-15-16(7-14(11)18)21-9-20-15/h1-7H,9H2/b12-5+. The highest BCUT2D eigenvalue weighted by atomic mass is 79.9. The van der Waals surface area contributed by atoms with Crippen LogP contribution in [0, 0.1) is 11.3 Å². The van der Waals surface area contributed by atoms with E-state index in [-0.39, 0.29) is 6.79 Å². The van der Waals surface area contributed by atoms with Crippen LogP contribution in [0.3, 0.4) is 0 Å². The first-order valence-electron chi connectivity index (χ1n) is 6.14. The lowest BCUT2D eigenvalue weighted by Crippen LogP contribution is -1.92. The summed E-state index contributed by atoms with van der Waals surface area (Å²) >= 11 is 6.88. The van der Waals surface area contributed by atoms with Crippen molar-refractivity contribution in [2.75, 3.05) is 6.79 Å². The molecule has 21 heavy (non-hydrogen) atoms. The predicted octanol–water partition coefficient (Wildman–Crippen LogP) is 5.00. The van der Waals surface area contributed by atoms with Gasteiger partial charge in [0.25, 0.3) is 0 Å². The monoisotopic (exact) mass is 405 g/mol. The van der Waals surface area contributed by atoms with Gasteiger partial charge in [0, 0.05) is 8.95 Å². The van der Waals surface area contributed by atoms with Gasteiger partial charge in [0.2, 0.25) is 6.79 Å². The Morgan fingerprint density at radius 1 is 1.10 bits per heavy atom. The number of nitriles is 1. The van der Waals surface area contributed by atoms with Crippen LogP contribution >= 0.6 is 31.9 Å². The highest BCUT2D eigenvalue weighted by Gasteiger charge is 2.16. The molecule has 0 aliphatic carbocycles. The zero-order valence-corrected chi connectivity index (χ0v) is 13.9. The first kappa shape index (κ1) is 14.2. The quantitative estimate of drug-likeness (QED) is 0.520. The second kappa shape index (κ2) is 5.92. The Bertz CT molecular complexity index is 761. The van der Waals surface area contributed by atoms with Gasteiger partial charge in [-0.2, -0.15) is 5.26 Å². The van der Waals surface area contributed by atoms with Crippen LogP contribution in [-0.2, 0) is 0 Å². The van der Waals surface area contributed by atoms with Gasteiger partial charge in [-0.05, 0) is 41.5 Å². The average Bonchev–Trinajstić information content (AvgIpc) is 2.93. The minimum atomic E-state index is 0.229. The fourth-order valence-electron chi connectivity index (χ4n) is 2.01. The molecule has 2 aromatic carbocycles. The first-order valence-corrected chi connectivity index (χ1v) is 7.73. The molecule has 0 N–H and O–H groups in total. The smallest absolute Gasteiger partial charge is 0.231 e. The zero-order chi connectivity index (χ0) is 14.8. The van der Waals surface area contributed by atoms with Crippen LogP contribution in [0.15, 0.2) is 45.3 Å². The van der Waals surface area contributed by atoms with Crippen LogP contribution < -0.4 is 9.47 Å². The van der Waals surface area contributed by atoms with Gasteiger partial charge < -0.3 is 9.47 Å². The molecule has 0 fully saturated rings. The molecule has 0 spiro atoms. The molecule has 0 radical (unpaired) electrons. The lowest BCUT2D eigenvalue weighted by Gasteiger charge is -2.04. The van der Waals surface area contributed by atoms with E-state index >= 15 is 0 Å². The highest BCUT2D eigenvalue weighted by molar-refractivity contribution is 9.10. The Balaban J connectivity index is 2.03. The lowest BCUT2D eigenvalue weighted by molar-refractivity contribution is 0.174. The van der Waals surface area contributed by atoms with Gasteiger partial charge in [0.1, 0.15) is 0 Å². The fourth-order valence-corrected chi connectivity index (χ4v) is 2.71. The minimum absolute atomic E-state index is 0.229. The van der Waals surface area contributed by atoms with E-state index in [1.54, 1.807) is 0 Å². The molecule has 1 heterocycles. The Kier molecular flexibility index (Phi) is 4.00. The third-order valence-electron chi connectivity index (χ3n) is 3.07. The molecule has 1 aliphatic rings. The normalized spacial score (nSPS) is 13.1. The van der Waals surface area contributed by atoms with Crippen molar-refractivity contribution in [3.8, 4) is 17.6 Å². The van der Waals surface area contributed by atoms with Gasteiger partial charge in [-0.25, -0.2) is 0 Å². The van der Waals surface area contributed by atoms with Crippen LogP contribution in [0.4, 0.5) is 0 Å². The van der Waals surface area contributed by atoms with Crippen molar-refractivity contribution in [3.63, 3.8) is 0 Å². The second-order valence-electron chi connectivity index (χ2n) is 4.40. The molecule has 1 aliphatic heterocycles. The number of fused-ring (bicyclic) bond motifs is 1. The second-order valence-corrected chi connectivity index (χ2v) is 6.17. The van der Waals surface area contributed by atoms with E-state index in [0.29, 0.717) is 17.1 Å². The largest absolute Gasteiger partial charge is 0.454 e. The van der Waals surface area contributed by atoms with Gasteiger partial charge in [-0.1, -0.05) is 44.0 Å². The molecular formula is C16H9Br2NO2. The van der Waals surface area contributed by atoms with Gasteiger partial charge in [0.15, 0.2) is 11.5 Å². The van der Waals surface area contributed by atoms with Crippen LogP contribution in [-0.4, -0.2) is 6.79 Å². The fraction of sp³-hybridized carbons (Fsp3) is 0.0625. The molecule has 0 aromatic heterocycles. The molecule has 5 heteroatoms. The maximum absolute atomic E-state index is 9.39. The molecule has 104 valence electrons. The van der Waals surface area contributed by atoms with E-state index < -0.39 is 0 Å². The number of hydrogen-bond acceptors (Lipinski definition) is 3. The van der Waals surface area contributed by atoms with Crippen molar-refractivity contribution in [1.82, 2.24) is 0 Å². The van der Waals surface area contributed by atoms with Crippen LogP contribution in [0.2, 0.25) is 0 Å². The van der Waals surface area contributed by atoms with Gasteiger partial charge >= 0.3 is 0 Å². The summed E-state index contributed by atoms with van der Waals surface area (Å²) in [6.45, 7) is 0.229. The Morgan fingerprint density at radius 3 is 2.43 bits per heavy atom. The average molecular weight is 407 g/mol. The molecule has 0 bridgehead atoms. The van der Waals surface area contributed by atoms with E-state index in [4.69, 9.17) is 9.47 Å². The van der Waals surface area contributed by atoms with Crippen LogP contribution in [0.1, 0.15) is 11.1 Å². The van der Waals surface area contributed by atoms with Crippen molar-refractivity contribution in [1.29, 1.82) is 5.26 Å². The number of nitrogens with zero attached hydrogens (tertiary/aromatic N) is 1. The van der Waals surface area contributed by atoms with E-state index in [1.165, 1.54) is 0 Å². The number of benzene rings is 2. The summed E-state index contributed by atoms with van der Waals surface area (Å²) in [7, 11) is 0. The summed E-state index contributed by atoms with van der Waals surface area (Å²) in [6.07, 6.45) is 1.83. The van der Waals surface area contributed by atoms with E-state index in [2.05, 4.69) is 37.9 Å². The lowest BCUT2D eigenvalue weighted by atomic mass is 10.0. The molecule has 3 nitrogen and oxygen atoms in total. The zero-order valence-electron chi connectivity index (χ0n) is 10.8. The molecule has 0 saturated heterocycles. The Morgan fingerprint density at radius 2 is 1.76 bits per heavy atom. The van der Waals surface area contributed by atoms with E-state index in [9.17, 15) is 5.26 Å². The van der Waals surface area contributed by atoms with Gasteiger partial charge in [-0.15, -0.1) is 0 Å². The first-order chi connectivity index (χ1) is 10.2. The molecule has 0 saturated carbocycles. The summed E-state index contributed by atoms with van der Waals surface area (Å²) < 4.78 is 12.5. The van der Waals surface area contributed by atoms with Crippen molar-refractivity contribution in [2.24, 2.45) is 0 Å². The predicted molar refractivity (Wildman–Crippen MR) is 87.9 cm³/mol. The molecule has 0 atom stereocenters. The van der Waals surface area contributed by atoms with E-state index in [1.807, 2.05) is 42.5 Å². The summed E-state index contributed by atoms with van der Waals surface area (Å²) in [5.41, 5.74) is 2.33. The molecule has 0 amide bonds. The van der Waals surface area contributed by atoms with E-state index in [0.717, 1.165) is 20.1 Å². The molecule has 0 unspecified atom stereocenters. The Labute approximate surface area is 139 Å². The summed E-state index contributed by atoms with van der Waals surface area (Å²) in [5.74, 6) is 1.40. The molecule has 3 rings (SSSR count). The SMILES string of the molecule is N#C/C(=C\c1cc2c(cc1Br)OCO2)c1ccc(Br)cc1. The number of allylic oxidation sites excluding steroid dienone is 1. The summed E-state index contributed by atoms with van der Waals surface area (Å²) in [5, 5.41) is 9.39. The number of rotatable bonds is 2. The van der Waals surface area contributed by atoms with Crippen LogP contribution in [0.5, 0.6) is 11.5 Å². The summed E-state index contributed by atoms with van der Waals surface area (Å²) in [4.78, 5) is 0. The topological polar surface area (TPSA) is 42.2 Å². The van der Waals surface area contributed by atoms with Crippen LogP contribution in [0.25, 0.3) is 11.6 Å². The maximum atomic E-state index is 9.39. The van der Waals surface area contributed by atoms with Crippen molar-refractivity contribution < 1.29 is 9.47 Å². The molecular weight excluding hydrogens is 398 g/mol. The van der Waals surface area contributed by atoms with Crippen molar-refractivity contribution in [3.05, 3.63) is 56.5 Å². The number of hydrogen-bond donors (Lipinski definition) is 0. The van der Waals surface area contributed by atoms with Crippen molar-refractivity contribution >= 4 is 43.5 Å². The maximum Gasteiger partial charge on any atom is 0.231 e. The van der Waals surface area contributed by atoms with Gasteiger partial charge in [-0.3, -0.25) is 0 Å². The third kappa shape index (κ3) is 2.97. The minimum Gasteiger partial charge on any atom is -0.454 e. The van der Waals surface area contributed by atoms with Crippen molar-refractivity contribution in [2.45, 2.75) is 0 Å². The molecule has 2 aromatic rings. The summed E-state index contributed by atoms with van der Waals surface area (Å²) in [6, 6.07) is 13.6. The van der Waals surface area contributed by atoms with Gasteiger partial charge in [0.05, 0.1) is 11.6 Å². The third-order valence-corrected chi connectivity index (χ3v) is 4.28. The number of halogens is 2. The number of ether oxygens (including phenoxy) is 2. The Hall–Kier alpha value is -1.77. The highest BCUT2D eigenvalue weighted by Crippen LogP contribution is 2.38.